The van der Waals surface area contributed by atoms with Crippen molar-refractivity contribution in [3.63, 3.8) is 0 Å². The number of carbonyl (C=O) groups excluding carboxylic acids is 3. The van der Waals surface area contributed by atoms with Crippen molar-refractivity contribution in [3.05, 3.63) is 71.3 Å². The maximum Gasteiger partial charge on any atom is 0.407 e. The fourth-order valence-corrected chi connectivity index (χ4v) is 4.05. The molecule has 3 rings (SSSR count). The largest absolute Gasteiger partial charge is 0.481 e. The molecule has 2 aromatic carbocycles. The number of amides is 1. The van der Waals surface area contributed by atoms with Gasteiger partial charge in [-0.3, -0.25) is 14.4 Å². The van der Waals surface area contributed by atoms with Gasteiger partial charge in [0.25, 0.3) is 0 Å². The number of alkyl carbamates (subject to hydrolysis) is 1. The van der Waals surface area contributed by atoms with Gasteiger partial charge in [-0.15, -0.1) is 0 Å². The van der Waals surface area contributed by atoms with E-state index in [1.54, 1.807) is 0 Å². The van der Waals surface area contributed by atoms with Crippen LogP contribution in [0.25, 0.3) is 11.1 Å². The lowest BCUT2D eigenvalue weighted by Gasteiger charge is -2.14. The second-order valence-corrected chi connectivity index (χ2v) is 9.38. The fourth-order valence-electron chi connectivity index (χ4n) is 4.05. The Kier molecular flexibility index (Phi) is 14.7. The van der Waals surface area contributed by atoms with E-state index in [0.717, 1.165) is 17.5 Å². The molecule has 1 amide bonds. The minimum Gasteiger partial charge on any atom is -0.481 e. The third-order valence-electron chi connectivity index (χ3n) is 6.02. The Morgan fingerprint density at radius 1 is 0.829 bits per heavy atom. The van der Waals surface area contributed by atoms with Crippen LogP contribution in [0.15, 0.2) is 60.2 Å². The number of aliphatic carboxylic acids is 1. The van der Waals surface area contributed by atoms with Gasteiger partial charge < -0.3 is 29.4 Å². The van der Waals surface area contributed by atoms with E-state index in [4.69, 9.17) is 19.3 Å². The summed E-state index contributed by atoms with van der Waals surface area (Å²) in [5.74, 6) is -1.77. The summed E-state index contributed by atoms with van der Waals surface area (Å²) in [7, 11) is 1.41. The normalized spacial score (nSPS) is 11.2. The molecule has 2 N–H and O–H groups in total. The van der Waals surface area contributed by atoms with E-state index < -0.39 is 18.0 Å². The molecular weight excluding hydrogens is 530 g/mol. The van der Waals surface area contributed by atoms with Gasteiger partial charge in [0, 0.05) is 18.9 Å². The number of hydrogen-bond donors (Lipinski definition) is 2. The molecule has 1 aliphatic rings. The number of ether oxygens (including phenoxy) is 4. The first-order valence-corrected chi connectivity index (χ1v) is 13.5. The minimum atomic E-state index is -1.05. The lowest BCUT2D eigenvalue weighted by atomic mass is 9.98. The van der Waals surface area contributed by atoms with Crippen LogP contribution in [-0.4, -0.2) is 69.2 Å². The van der Waals surface area contributed by atoms with Gasteiger partial charge in [0.15, 0.2) is 0 Å². The highest BCUT2D eigenvalue weighted by Gasteiger charge is 2.28. The summed E-state index contributed by atoms with van der Waals surface area (Å²) in [6, 6.07) is 16.2. The minimum absolute atomic E-state index is 0.00483. The Bertz CT molecular complexity index is 1140. The van der Waals surface area contributed by atoms with Crippen molar-refractivity contribution in [2.24, 2.45) is 0 Å². The Balaban J connectivity index is 0.000000503. The number of fused-ring (bicyclic) bond motifs is 3. The van der Waals surface area contributed by atoms with E-state index in [9.17, 15) is 19.2 Å². The molecular formula is C31H39NO9. The number of esters is 2. The van der Waals surface area contributed by atoms with Gasteiger partial charge in [-0.25, -0.2) is 4.79 Å². The molecule has 0 saturated heterocycles. The Morgan fingerprint density at radius 3 is 2.05 bits per heavy atom. The van der Waals surface area contributed by atoms with Gasteiger partial charge >= 0.3 is 24.0 Å². The van der Waals surface area contributed by atoms with Crippen LogP contribution >= 0.6 is 0 Å². The number of carboxylic acid groups (broad SMARTS) is 1. The number of methoxy groups -OCH3 is 1. The summed E-state index contributed by atoms with van der Waals surface area (Å²) in [4.78, 5) is 44.2. The Hall–Kier alpha value is -4.18. The van der Waals surface area contributed by atoms with E-state index in [2.05, 4.69) is 34.3 Å². The molecule has 0 fully saturated rings. The van der Waals surface area contributed by atoms with Crippen LogP contribution < -0.4 is 5.32 Å². The molecule has 41 heavy (non-hydrogen) atoms. The standard InChI is InChI=1S/C23H25NO7.C8H14O2/c25-21(26)9-10-22(27)30-14-13-29-12-11-24-23(28)31-15-20-18-7-3-1-5-16(18)17-6-2-4-8-19(17)20;1-7(2)5-4-6-8(9)10-3/h1-8,20H,9-15H2,(H,24,28)(H,25,26);5H,4,6H2,1-3H3. The van der Waals surface area contributed by atoms with Gasteiger partial charge in [-0.05, 0) is 42.5 Å². The summed E-state index contributed by atoms with van der Waals surface area (Å²) < 4.78 is 20.0. The van der Waals surface area contributed by atoms with Gasteiger partial charge in [-0.1, -0.05) is 60.2 Å². The molecule has 0 aliphatic heterocycles. The Labute approximate surface area is 240 Å². The summed E-state index contributed by atoms with van der Waals surface area (Å²) in [6.45, 7) is 4.94. The lowest BCUT2D eigenvalue weighted by Crippen LogP contribution is -2.29. The molecule has 0 heterocycles. The van der Waals surface area contributed by atoms with Crippen LogP contribution in [0, 0.1) is 0 Å². The van der Waals surface area contributed by atoms with Crippen molar-refractivity contribution in [1.82, 2.24) is 5.32 Å². The predicted octanol–water partition coefficient (Wildman–Crippen LogP) is 4.86. The molecule has 0 unspecified atom stereocenters. The SMILES string of the molecule is COC(=O)CCC=C(C)C.O=C(O)CCC(=O)OCCOCCNC(=O)OCC1c2ccccc2-c2ccccc21. The highest BCUT2D eigenvalue weighted by atomic mass is 16.6. The molecule has 0 atom stereocenters. The molecule has 0 aromatic heterocycles. The lowest BCUT2D eigenvalue weighted by molar-refractivity contribution is -0.148. The average molecular weight is 570 g/mol. The summed E-state index contributed by atoms with van der Waals surface area (Å²) in [5.41, 5.74) is 5.88. The van der Waals surface area contributed by atoms with E-state index in [-0.39, 0.29) is 57.7 Å². The molecule has 10 nitrogen and oxygen atoms in total. The average Bonchev–Trinajstić information content (AvgIpc) is 3.28. The maximum atomic E-state index is 12.0. The van der Waals surface area contributed by atoms with Crippen LogP contribution in [0.3, 0.4) is 0 Å². The van der Waals surface area contributed by atoms with Crippen LogP contribution in [0.1, 0.15) is 56.6 Å². The highest BCUT2D eigenvalue weighted by molar-refractivity contribution is 5.79. The van der Waals surface area contributed by atoms with Gasteiger partial charge in [0.2, 0.25) is 0 Å². The van der Waals surface area contributed by atoms with Crippen LogP contribution in [-0.2, 0) is 33.3 Å². The fraction of sp³-hybridized carbons (Fsp3) is 0.419. The van der Waals surface area contributed by atoms with Crippen molar-refractivity contribution < 1.29 is 43.2 Å². The quantitative estimate of drug-likeness (QED) is 0.141. The van der Waals surface area contributed by atoms with Crippen LogP contribution in [0.4, 0.5) is 4.79 Å². The van der Waals surface area contributed by atoms with Gasteiger partial charge in [0.1, 0.15) is 13.2 Å². The summed E-state index contributed by atoms with van der Waals surface area (Å²) in [6.07, 6.45) is 2.35. The van der Waals surface area contributed by atoms with Crippen molar-refractivity contribution in [2.45, 2.75) is 45.4 Å². The number of nitrogens with one attached hydrogen (secondary N) is 1. The highest BCUT2D eigenvalue weighted by Crippen LogP contribution is 2.44. The monoisotopic (exact) mass is 569 g/mol. The third kappa shape index (κ3) is 12.3. The summed E-state index contributed by atoms with van der Waals surface area (Å²) in [5, 5.41) is 11.1. The smallest absolute Gasteiger partial charge is 0.407 e. The van der Waals surface area contributed by atoms with Gasteiger partial charge in [0.05, 0.1) is 33.2 Å². The predicted molar refractivity (Wildman–Crippen MR) is 152 cm³/mol. The van der Waals surface area contributed by atoms with Crippen molar-refractivity contribution in [1.29, 1.82) is 0 Å². The maximum absolute atomic E-state index is 12.0. The zero-order chi connectivity index (χ0) is 30.0. The van der Waals surface area contributed by atoms with E-state index in [1.807, 2.05) is 44.2 Å². The first-order chi connectivity index (χ1) is 19.7. The van der Waals surface area contributed by atoms with Crippen molar-refractivity contribution >= 4 is 24.0 Å². The van der Waals surface area contributed by atoms with Crippen molar-refractivity contribution in [2.75, 3.05) is 40.1 Å². The van der Waals surface area contributed by atoms with Gasteiger partial charge in [-0.2, -0.15) is 0 Å². The molecule has 1 aliphatic carbocycles. The van der Waals surface area contributed by atoms with E-state index >= 15 is 0 Å². The Morgan fingerprint density at radius 2 is 1.46 bits per heavy atom. The number of carbonyl (C=O) groups is 4. The molecule has 0 radical (unpaired) electrons. The molecule has 0 saturated carbocycles. The van der Waals surface area contributed by atoms with Crippen LogP contribution in [0.2, 0.25) is 0 Å². The van der Waals surface area contributed by atoms with E-state index in [1.165, 1.54) is 23.8 Å². The first kappa shape index (κ1) is 33.0. The second-order valence-electron chi connectivity index (χ2n) is 9.38. The molecule has 2 aromatic rings. The number of benzene rings is 2. The zero-order valence-electron chi connectivity index (χ0n) is 23.9. The number of allylic oxidation sites excluding steroid dienone is 2. The topological polar surface area (TPSA) is 137 Å². The number of carboxylic acids is 1. The molecule has 0 spiro atoms. The number of hydrogen-bond acceptors (Lipinski definition) is 8. The zero-order valence-corrected chi connectivity index (χ0v) is 23.9. The van der Waals surface area contributed by atoms with E-state index in [0.29, 0.717) is 6.42 Å². The summed E-state index contributed by atoms with van der Waals surface area (Å²) >= 11 is 0. The number of rotatable bonds is 14. The molecule has 10 heteroatoms. The van der Waals surface area contributed by atoms with Crippen LogP contribution in [0.5, 0.6) is 0 Å². The first-order valence-electron chi connectivity index (χ1n) is 13.5. The second kappa shape index (κ2) is 18.2. The molecule has 0 bridgehead atoms. The third-order valence-corrected chi connectivity index (χ3v) is 6.02. The van der Waals surface area contributed by atoms with Crippen molar-refractivity contribution in [3.8, 4) is 11.1 Å². The molecule has 222 valence electrons.